The van der Waals surface area contributed by atoms with Crippen LogP contribution in [0, 0.1) is 0 Å². The number of aromatic nitrogens is 2. The minimum absolute atomic E-state index is 0.421. The molecule has 0 aliphatic carbocycles. The molecule has 1 aromatic heterocycles. The summed E-state index contributed by atoms with van der Waals surface area (Å²) in [4.78, 5) is 0. The van der Waals surface area contributed by atoms with Crippen molar-refractivity contribution in [3.63, 3.8) is 0 Å². The first kappa shape index (κ1) is 11.5. The summed E-state index contributed by atoms with van der Waals surface area (Å²) in [6.45, 7) is 0.421. The number of nitrogens with two attached hydrogens (primary N) is 1. The van der Waals surface area contributed by atoms with Gasteiger partial charge in [-0.15, -0.1) is 0 Å². The fourth-order valence-corrected chi connectivity index (χ4v) is 1.70. The zero-order valence-electron chi connectivity index (χ0n) is 9.86. The van der Waals surface area contributed by atoms with Gasteiger partial charge in [-0.3, -0.25) is 5.10 Å². The molecule has 0 radical (unpaired) electrons. The third-order valence-corrected chi connectivity index (χ3v) is 2.53. The summed E-state index contributed by atoms with van der Waals surface area (Å²) >= 11 is 0. The maximum Gasteiger partial charge on any atom is 0.132 e. The van der Waals surface area contributed by atoms with Crippen molar-refractivity contribution >= 4 is 0 Å². The van der Waals surface area contributed by atoms with E-state index in [1.54, 1.807) is 14.2 Å². The predicted octanol–water partition coefficient (Wildman–Crippen LogP) is 1.55. The molecule has 2 aromatic rings. The zero-order valence-corrected chi connectivity index (χ0v) is 9.86. The molecule has 1 aromatic carbocycles. The van der Waals surface area contributed by atoms with E-state index in [0.29, 0.717) is 6.54 Å². The van der Waals surface area contributed by atoms with Crippen LogP contribution in [0.4, 0.5) is 0 Å². The molecule has 0 saturated carbocycles. The minimum atomic E-state index is 0.421. The molecule has 0 fully saturated rings. The monoisotopic (exact) mass is 233 g/mol. The Morgan fingerprint density at radius 3 is 2.35 bits per heavy atom. The normalized spacial score (nSPS) is 10.3. The van der Waals surface area contributed by atoms with Crippen LogP contribution in [-0.4, -0.2) is 24.4 Å². The lowest BCUT2D eigenvalue weighted by molar-refractivity contribution is 0.397. The number of nitrogens with zero attached hydrogens (tertiary/aromatic N) is 1. The van der Waals surface area contributed by atoms with Gasteiger partial charge in [0.1, 0.15) is 11.5 Å². The van der Waals surface area contributed by atoms with E-state index in [2.05, 4.69) is 10.2 Å². The van der Waals surface area contributed by atoms with Crippen LogP contribution in [0.25, 0.3) is 11.3 Å². The summed E-state index contributed by atoms with van der Waals surface area (Å²) in [7, 11) is 3.24. The van der Waals surface area contributed by atoms with Gasteiger partial charge in [0, 0.05) is 12.2 Å². The molecule has 2 rings (SSSR count). The van der Waals surface area contributed by atoms with Crippen molar-refractivity contribution in [2.45, 2.75) is 6.54 Å². The molecule has 90 valence electrons. The quantitative estimate of drug-likeness (QED) is 0.840. The summed E-state index contributed by atoms with van der Waals surface area (Å²) in [6.07, 6.45) is 0. The van der Waals surface area contributed by atoms with Crippen LogP contribution in [0.1, 0.15) is 5.69 Å². The molecule has 0 spiro atoms. The van der Waals surface area contributed by atoms with E-state index in [1.807, 2.05) is 24.3 Å². The second kappa shape index (κ2) is 4.88. The highest BCUT2D eigenvalue weighted by atomic mass is 16.5. The predicted molar refractivity (Wildman–Crippen MR) is 65.0 cm³/mol. The Morgan fingerprint density at radius 2 is 1.88 bits per heavy atom. The Labute approximate surface area is 99.5 Å². The molecule has 1 heterocycles. The fourth-order valence-electron chi connectivity index (χ4n) is 1.70. The number of H-pyrrole nitrogens is 1. The molecule has 0 atom stereocenters. The van der Waals surface area contributed by atoms with Gasteiger partial charge in [-0.25, -0.2) is 0 Å². The molecule has 0 saturated heterocycles. The molecule has 0 amide bonds. The van der Waals surface area contributed by atoms with Gasteiger partial charge in [-0.2, -0.15) is 5.10 Å². The second-order valence-electron chi connectivity index (χ2n) is 3.52. The lowest BCUT2D eigenvalue weighted by atomic mass is 10.1. The Hall–Kier alpha value is -2.01. The second-order valence-corrected chi connectivity index (χ2v) is 3.52. The van der Waals surface area contributed by atoms with Crippen LogP contribution in [-0.2, 0) is 6.54 Å². The number of hydrogen-bond acceptors (Lipinski definition) is 4. The van der Waals surface area contributed by atoms with Crippen LogP contribution in [0.3, 0.4) is 0 Å². The standard InChI is InChI=1S/C12H15N3O2/c1-16-10-4-3-5-11(17-2)12(10)9-6-8(7-13)14-15-9/h3-6H,7,13H2,1-2H3,(H,14,15). The van der Waals surface area contributed by atoms with Crippen LogP contribution < -0.4 is 15.2 Å². The maximum atomic E-state index is 5.55. The average Bonchev–Trinajstić information content (AvgIpc) is 2.86. The van der Waals surface area contributed by atoms with E-state index < -0.39 is 0 Å². The van der Waals surface area contributed by atoms with Gasteiger partial charge in [0.15, 0.2) is 0 Å². The first-order chi connectivity index (χ1) is 8.30. The Bertz CT molecular complexity index is 486. The van der Waals surface area contributed by atoms with E-state index >= 15 is 0 Å². The van der Waals surface area contributed by atoms with Crippen LogP contribution >= 0.6 is 0 Å². The first-order valence-corrected chi connectivity index (χ1v) is 5.26. The molecule has 3 N–H and O–H groups in total. The molecule has 17 heavy (non-hydrogen) atoms. The van der Waals surface area contributed by atoms with Gasteiger partial charge in [-0.1, -0.05) is 6.07 Å². The van der Waals surface area contributed by atoms with E-state index in [0.717, 1.165) is 28.5 Å². The molecule has 0 aliphatic heterocycles. The van der Waals surface area contributed by atoms with Crippen LogP contribution in [0.15, 0.2) is 24.3 Å². The number of rotatable bonds is 4. The largest absolute Gasteiger partial charge is 0.496 e. The SMILES string of the molecule is COc1cccc(OC)c1-c1cc(CN)[nH]n1. The summed E-state index contributed by atoms with van der Waals surface area (Å²) in [5.41, 5.74) is 8.01. The maximum absolute atomic E-state index is 5.55. The highest BCUT2D eigenvalue weighted by Gasteiger charge is 2.14. The Balaban J connectivity index is 2.55. The zero-order chi connectivity index (χ0) is 12.3. The number of benzene rings is 1. The van der Waals surface area contributed by atoms with Gasteiger partial charge in [0.2, 0.25) is 0 Å². The van der Waals surface area contributed by atoms with Crippen LogP contribution in [0.2, 0.25) is 0 Å². The minimum Gasteiger partial charge on any atom is -0.496 e. The third-order valence-electron chi connectivity index (χ3n) is 2.53. The fraction of sp³-hybridized carbons (Fsp3) is 0.250. The van der Waals surface area contributed by atoms with Crippen LogP contribution in [0.5, 0.6) is 11.5 Å². The summed E-state index contributed by atoms with van der Waals surface area (Å²) in [5.74, 6) is 1.44. The molecule has 0 aliphatic rings. The first-order valence-electron chi connectivity index (χ1n) is 5.26. The van der Waals surface area contributed by atoms with E-state index in [4.69, 9.17) is 15.2 Å². The number of nitrogens with one attached hydrogen (secondary N) is 1. The third kappa shape index (κ3) is 2.09. The number of aromatic amines is 1. The number of ether oxygens (including phenoxy) is 2. The molecule has 5 heteroatoms. The molecule has 0 unspecified atom stereocenters. The van der Waals surface area contributed by atoms with Crippen molar-refractivity contribution in [2.75, 3.05) is 14.2 Å². The summed E-state index contributed by atoms with van der Waals surface area (Å²) in [5, 5.41) is 7.08. The Kier molecular flexibility index (Phi) is 3.30. The summed E-state index contributed by atoms with van der Waals surface area (Å²) < 4.78 is 10.6. The molecule has 5 nitrogen and oxygen atoms in total. The van der Waals surface area contributed by atoms with Gasteiger partial charge in [-0.05, 0) is 18.2 Å². The van der Waals surface area contributed by atoms with E-state index in [-0.39, 0.29) is 0 Å². The van der Waals surface area contributed by atoms with Gasteiger partial charge >= 0.3 is 0 Å². The number of hydrogen-bond donors (Lipinski definition) is 2. The van der Waals surface area contributed by atoms with E-state index in [1.165, 1.54) is 0 Å². The summed E-state index contributed by atoms with van der Waals surface area (Å²) in [6, 6.07) is 7.50. The van der Waals surface area contributed by atoms with Crippen molar-refractivity contribution in [1.82, 2.24) is 10.2 Å². The molecular weight excluding hydrogens is 218 g/mol. The van der Waals surface area contributed by atoms with Crippen molar-refractivity contribution in [3.05, 3.63) is 30.0 Å². The van der Waals surface area contributed by atoms with Crippen molar-refractivity contribution in [2.24, 2.45) is 5.73 Å². The van der Waals surface area contributed by atoms with Gasteiger partial charge in [0.25, 0.3) is 0 Å². The van der Waals surface area contributed by atoms with Gasteiger partial charge in [0.05, 0.1) is 25.5 Å². The van der Waals surface area contributed by atoms with Crippen molar-refractivity contribution in [3.8, 4) is 22.8 Å². The van der Waals surface area contributed by atoms with Crippen molar-refractivity contribution in [1.29, 1.82) is 0 Å². The van der Waals surface area contributed by atoms with Crippen molar-refractivity contribution < 1.29 is 9.47 Å². The Morgan fingerprint density at radius 1 is 1.24 bits per heavy atom. The topological polar surface area (TPSA) is 73.2 Å². The molecular formula is C12H15N3O2. The lowest BCUT2D eigenvalue weighted by Crippen LogP contribution is -1.95. The smallest absolute Gasteiger partial charge is 0.132 e. The highest BCUT2D eigenvalue weighted by Crippen LogP contribution is 2.37. The molecule has 0 bridgehead atoms. The van der Waals surface area contributed by atoms with E-state index in [9.17, 15) is 0 Å². The lowest BCUT2D eigenvalue weighted by Gasteiger charge is -2.10. The highest BCUT2D eigenvalue weighted by molar-refractivity contribution is 5.74. The average molecular weight is 233 g/mol. The number of methoxy groups -OCH3 is 2. The van der Waals surface area contributed by atoms with Gasteiger partial charge < -0.3 is 15.2 Å².